The number of carbonyl (C=O) groups is 1. The van der Waals surface area contributed by atoms with Gasteiger partial charge in [0, 0.05) is 17.2 Å². The van der Waals surface area contributed by atoms with Crippen molar-refractivity contribution in [2.75, 3.05) is 34.5 Å². The largest absolute Gasteiger partial charge is 0.493 e. The first-order valence-electron chi connectivity index (χ1n) is 9.26. The highest BCUT2D eigenvalue weighted by Gasteiger charge is 2.16. The minimum atomic E-state index is -0.289. The fraction of sp³-hybridized carbons (Fsp3) is 0.227. The Labute approximate surface area is 174 Å². The predicted octanol–water partition coefficient (Wildman–Crippen LogP) is 2.98. The Morgan fingerprint density at radius 3 is 2.17 bits per heavy atom. The van der Waals surface area contributed by atoms with Crippen LogP contribution in [-0.4, -0.2) is 50.6 Å². The molecule has 0 atom stereocenters. The molecule has 3 aromatic rings. The molecule has 3 rings (SSSR count). The van der Waals surface area contributed by atoms with Gasteiger partial charge in [-0.25, -0.2) is 0 Å². The van der Waals surface area contributed by atoms with E-state index in [-0.39, 0.29) is 19.1 Å². The van der Waals surface area contributed by atoms with Gasteiger partial charge in [-0.1, -0.05) is 30.3 Å². The summed E-state index contributed by atoms with van der Waals surface area (Å²) in [5.74, 6) is 1.34. The molecular formula is C22H23N3O5. The molecule has 8 heteroatoms. The number of nitrogens with zero attached hydrogens (tertiary/aromatic N) is 2. The first-order valence-corrected chi connectivity index (χ1v) is 9.26. The van der Waals surface area contributed by atoms with Crippen LogP contribution >= 0.6 is 0 Å². The molecule has 0 radical (unpaired) electrons. The van der Waals surface area contributed by atoms with E-state index in [1.165, 1.54) is 21.3 Å². The predicted molar refractivity (Wildman–Crippen MR) is 111 cm³/mol. The molecule has 1 amide bonds. The number of ether oxygens (including phenoxy) is 4. The zero-order chi connectivity index (χ0) is 21.3. The molecule has 0 fully saturated rings. The standard InChI is InChI=1S/C22H23N3O5/c1-27-18-13-16(14-19(28-2)21(18)29-3)22(26)23-11-12-30-20-10-9-17(24-25-20)15-7-5-4-6-8-15/h4-10,13-14H,11-12H2,1-3H3,(H,23,26). The third-order valence-corrected chi connectivity index (χ3v) is 4.27. The van der Waals surface area contributed by atoms with Crippen LogP contribution < -0.4 is 24.3 Å². The minimum Gasteiger partial charge on any atom is -0.493 e. The van der Waals surface area contributed by atoms with E-state index in [0.717, 1.165) is 11.3 Å². The first-order chi connectivity index (χ1) is 14.7. The molecule has 0 aliphatic carbocycles. The van der Waals surface area contributed by atoms with Crippen molar-refractivity contribution in [3.63, 3.8) is 0 Å². The van der Waals surface area contributed by atoms with Crippen LogP contribution in [0.3, 0.4) is 0 Å². The summed E-state index contributed by atoms with van der Waals surface area (Å²) in [4.78, 5) is 12.4. The average Bonchev–Trinajstić information content (AvgIpc) is 2.81. The monoisotopic (exact) mass is 409 g/mol. The van der Waals surface area contributed by atoms with Crippen LogP contribution in [0, 0.1) is 0 Å². The van der Waals surface area contributed by atoms with Crippen LogP contribution in [0.25, 0.3) is 11.3 Å². The van der Waals surface area contributed by atoms with Gasteiger partial charge in [0.25, 0.3) is 5.91 Å². The summed E-state index contributed by atoms with van der Waals surface area (Å²) in [5.41, 5.74) is 2.13. The maximum Gasteiger partial charge on any atom is 0.251 e. The molecule has 156 valence electrons. The first kappa shape index (κ1) is 20.9. The van der Waals surface area contributed by atoms with Crippen molar-refractivity contribution in [1.29, 1.82) is 0 Å². The molecule has 30 heavy (non-hydrogen) atoms. The summed E-state index contributed by atoms with van der Waals surface area (Å²) < 4.78 is 21.4. The van der Waals surface area contributed by atoms with Gasteiger partial charge in [-0.3, -0.25) is 4.79 Å². The fourth-order valence-corrected chi connectivity index (χ4v) is 2.79. The van der Waals surface area contributed by atoms with Crippen molar-refractivity contribution in [2.45, 2.75) is 0 Å². The van der Waals surface area contributed by atoms with E-state index in [1.807, 2.05) is 36.4 Å². The number of hydrogen-bond acceptors (Lipinski definition) is 7. The fourth-order valence-electron chi connectivity index (χ4n) is 2.79. The number of hydrogen-bond donors (Lipinski definition) is 1. The maximum absolute atomic E-state index is 12.4. The van der Waals surface area contributed by atoms with E-state index in [1.54, 1.807) is 18.2 Å². The van der Waals surface area contributed by atoms with E-state index in [9.17, 15) is 4.79 Å². The molecule has 0 aliphatic rings. The normalized spacial score (nSPS) is 10.2. The number of methoxy groups -OCH3 is 3. The van der Waals surface area contributed by atoms with Gasteiger partial charge in [-0.15, -0.1) is 10.2 Å². The van der Waals surface area contributed by atoms with Crippen LogP contribution in [0.2, 0.25) is 0 Å². The number of aromatic nitrogens is 2. The molecule has 0 unspecified atom stereocenters. The molecule has 0 aliphatic heterocycles. The molecule has 0 saturated heterocycles. The van der Waals surface area contributed by atoms with Crippen LogP contribution in [0.4, 0.5) is 0 Å². The lowest BCUT2D eigenvalue weighted by atomic mass is 10.1. The lowest BCUT2D eigenvalue weighted by Crippen LogP contribution is -2.28. The van der Waals surface area contributed by atoms with Gasteiger partial charge in [0.2, 0.25) is 11.6 Å². The third-order valence-electron chi connectivity index (χ3n) is 4.27. The molecule has 1 aromatic heterocycles. The average molecular weight is 409 g/mol. The zero-order valence-corrected chi connectivity index (χ0v) is 17.0. The van der Waals surface area contributed by atoms with E-state index in [4.69, 9.17) is 18.9 Å². The third kappa shape index (κ3) is 4.96. The summed E-state index contributed by atoms with van der Waals surface area (Å²) in [6.45, 7) is 0.535. The second-order valence-electron chi connectivity index (χ2n) is 6.14. The lowest BCUT2D eigenvalue weighted by Gasteiger charge is -2.14. The summed E-state index contributed by atoms with van der Waals surface area (Å²) in [7, 11) is 4.50. The van der Waals surface area contributed by atoms with Crippen molar-refractivity contribution in [2.24, 2.45) is 0 Å². The van der Waals surface area contributed by atoms with E-state index < -0.39 is 0 Å². The quantitative estimate of drug-likeness (QED) is 0.543. The van der Waals surface area contributed by atoms with Crippen LogP contribution in [-0.2, 0) is 0 Å². The smallest absolute Gasteiger partial charge is 0.251 e. The van der Waals surface area contributed by atoms with E-state index in [0.29, 0.717) is 28.7 Å². The zero-order valence-electron chi connectivity index (χ0n) is 17.0. The number of amides is 1. The van der Waals surface area contributed by atoms with Crippen LogP contribution in [0.15, 0.2) is 54.6 Å². The molecule has 2 aromatic carbocycles. The van der Waals surface area contributed by atoms with Crippen molar-refractivity contribution in [1.82, 2.24) is 15.5 Å². The molecular weight excluding hydrogens is 386 g/mol. The summed E-state index contributed by atoms with van der Waals surface area (Å²) >= 11 is 0. The second kappa shape index (κ2) is 10.1. The Kier molecular flexibility index (Phi) is 7.05. The Morgan fingerprint density at radius 2 is 1.60 bits per heavy atom. The van der Waals surface area contributed by atoms with Crippen molar-refractivity contribution >= 4 is 5.91 Å². The number of nitrogens with one attached hydrogen (secondary N) is 1. The highest BCUT2D eigenvalue weighted by atomic mass is 16.5. The van der Waals surface area contributed by atoms with E-state index >= 15 is 0 Å². The molecule has 0 bridgehead atoms. The van der Waals surface area contributed by atoms with Crippen LogP contribution in [0.5, 0.6) is 23.1 Å². The van der Waals surface area contributed by atoms with Gasteiger partial charge < -0.3 is 24.3 Å². The maximum atomic E-state index is 12.4. The van der Waals surface area contributed by atoms with Gasteiger partial charge in [-0.2, -0.15) is 0 Å². The van der Waals surface area contributed by atoms with Gasteiger partial charge >= 0.3 is 0 Å². The topological polar surface area (TPSA) is 91.8 Å². The number of benzene rings is 2. The number of carbonyl (C=O) groups excluding carboxylic acids is 1. The van der Waals surface area contributed by atoms with Gasteiger partial charge in [0.15, 0.2) is 11.5 Å². The molecule has 0 saturated carbocycles. The van der Waals surface area contributed by atoms with Gasteiger partial charge in [0.05, 0.1) is 33.6 Å². The second-order valence-corrected chi connectivity index (χ2v) is 6.14. The Morgan fingerprint density at radius 1 is 0.900 bits per heavy atom. The summed E-state index contributed by atoms with van der Waals surface area (Å²) in [6.07, 6.45) is 0. The Balaban J connectivity index is 1.54. The molecule has 1 N–H and O–H groups in total. The SMILES string of the molecule is COc1cc(C(=O)NCCOc2ccc(-c3ccccc3)nn2)cc(OC)c1OC. The highest BCUT2D eigenvalue weighted by Crippen LogP contribution is 2.38. The minimum absolute atomic E-state index is 0.246. The van der Waals surface area contributed by atoms with Crippen molar-refractivity contribution in [3.05, 3.63) is 60.2 Å². The summed E-state index contributed by atoms with van der Waals surface area (Å²) in [6, 6.07) is 16.5. The Bertz CT molecular complexity index is 953. The molecule has 8 nitrogen and oxygen atoms in total. The summed E-state index contributed by atoms with van der Waals surface area (Å²) in [5, 5.41) is 11.0. The molecule has 0 spiro atoms. The van der Waals surface area contributed by atoms with Crippen molar-refractivity contribution < 1.29 is 23.7 Å². The van der Waals surface area contributed by atoms with E-state index in [2.05, 4.69) is 15.5 Å². The number of rotatable bonds is 9. The Hall–Kier alpha value is -3.81. The molecule has 1 heterocycles. The van der Waals surface area contributed by atoms with Crippen molar-refractivity contribution in [3.8, 4) is 34.4 Å². The van der Waals surface area contributed by atoms with Gasteiger partial charge in [0.1, 0.15) is 6.61 Å². The van der Waals surface area contributed by atoms with Gasteiger partial charge in [-0.05, 0) is 18.2 Å². The lowest BCUT2D eigenvalue weighted by molar-refractivity contribution is 0.0945. The highest BCUT2D eigenvalue weighted by molar-refractivity contribution is 5.95. The van der Waals surface area contributed by atoms with Crippen LogP contribution in [0.1, 0.15) is 10.4 Å².